The molecular weight excluding hydrogens is 394 g/mol. The zero-order chi connectivity index (χ0) is 21.7. The predicted octanol–water partition coefficient (Wildman–Crippen LogP) is 2.83. The zero-order valence-corrected chi connectivity index (χ0v) is 17.9. The number of benzene rings is 1. The van der Waals surface area contributed by atoms with E-state index in [4.69, 9.17) is 9.47 Å². The van der Waals surface area contributed by atoms with Gasteiger partial charge in [0.25, 0.3) is 5.91 Å². The normalized spacial score (nSPS) is 13.3. The Bertz CT molecular complexity index is 988. The van der Waals surface area contributed by atoms with Crippen molar-refractivity contribution in [1.29, 1.82) is 0 Å². The number of hydrogen-bond donors (Lipinski definition) is 1. The molecule has 0 saturated heterocycles. The standard InChI is InChI=1S/C20H25N3O5S/c1-14(11-12-29(5,25)26)22-17(24)16-13-21-19(20(2,3)27-4)23-18(16)28-15-9-7-6-8-10-15/h6-14H,1-5H3,(H,22,24)/b12-11+/t14-/m0/s1. The molecule has 0 bridgehead atoms. The van der Waals surface area contributed by atoms with Gasteiger partial charge < -0.3 is 14.8 Å². The Balaban J connectivity index is 2.36. The summed E-state index contributed by atoms with van der Waals surface area (Å²) in [5.74, 6) is 0.436. The van der Waals surface area contributed by atoms with Crippen LogP contribution in [0.1, 0.15) is 37.0 Å². The fraction of sp³-hybridized carbons (Fsp3) is 0.350. The number of nitrogens with one attached hydrogen (secondary N) is 1. The molecule has 1 aromatic heterocycles. The van der Waals surface area contributed by atoms with Crippen molar-refractivity contribution >= 4 is 15.7 Å². The Labute approximate surface area is 170 Å². The second-order valence-electron chi connectivity index (χ2n) is 6.96. The van der Waals surface area contributed by atoms with E-state index in [-0.39, 0.29) is 11.4 Å². The number of amides is 1. The summed E-state index contributed by atoms with van der Waals surface area (Å²) in [7, 11) is -1.75. The third-order valence-corrected chi connectivity index (χ3v) is 4.63. The molecule has 156 valence electrons. The van der Waals surface area contributed by atoms with E-state index in [9.17, 15) is 13.2 Å². The van der Waals surface area contributed by atoms with Gasteiger partial charge in [0.15, 0.2) is 15.7 Å². The largest absolute Gasteiger partial charge is 0.438 e. The van der Waals surface area contributed by atoms with Crippen molar-refractivity contribution in [2.45, 2.75) is 32.4 Å². The van der Waals surface area contributed by atoms with E-state index in [1.54, 1.807) is 45.0 Å². The van der Waals surface area contributed by atoms with Crippen LogP contribution in [0.2, 0.25) is 0 Å². The fourth-order valence-electron chi connectivity index (χ4n) is 2.17. The third-order valence-electron chi connectivity index (χ3n) is 3.98. The van der Waals surface area contributed by atoms with Crippen molar-refractivity contribution in [2.75, 3.05) is 13.4 Å². The van der Waals surface area contributed by atoms with Crippen molar-refractivity contribution < 1.29 is 22.7 Å². The van der Waals surface area contributed by atoms with Gasteiger partial charge in [-0.2, -0.15) is 4.98 Å². The Kier molecular flexibility index (Phi) is 7.10. The fourth-order valence-corrected chi connectivity index (χ4v) is 2.70. The second kappa shape index (κ2) is 9.15. The summed E-state index contributed by atoms with van der Waals surface area (Å²) >= 11 is 0. The number of hydrogen-bond acceptors (Lipinski definition) is 7. The zero-order valence-electron chi connectivity index (χ0n) is 17.0. The molecule has 0 aliphatic heterocycles. The Morgan fingerprint density at radius 3 is 2.48 bits per heavy atom. The monoisotopic (exact) mass is 419 g/mol. The molecule has 1 atom stereocenters. The van der Waals surface area contributed by atoms with Gasteiger partial charge in [-0.05, 0) is 32.9 Å². The summed E-state index contributed by atoms with van der Waals surface area (Å²) in [6, 6.07) is 8.39. The molecule has 8 nitrogen and oxygen atoms in total. The van der Waals surface area contributed by atoms with Gasteiger partial charge in [0.2, 0.25) is 5.88 Å². The molecule has 1 N–H and O–H groups in total. The molecule has 0 aliphatic carbocycles. The van der Waals surface area contributed by atoms with Gasteiger partial charge in [0.05, 0.1) is 0 Å². The van der Waals surface area contributed by atoms with Crippen LogP contribution in [0.25, 0.3) is 0 Å². The lowest BCUT2D eigenvalue weighted by Crippen LogP contribution is -2.32. The minimum absolute atomic E-state index is 0.0723. The highest BCUT2D eigenvalue weighted by molar-refractivity contribution is 7.93. The molecular formula is C20H25N3O5S. The average Bonchev–Trinajstić information content (AvgIpc) is 2.66. The van der Waals surface area contributed by atoms with Crippen molar-refractivity contribution in [3.05, 3.63) is 59.4 Å². The van der Waals surface area contributed by atoms with Gasteiger partial charge in [-0.1, -0.05) is 24.3 Å². The maximum Gasteiger partial charge on any atom is 0.258 e. The van der Waals surface area contributed by atoms with E-state index in [1.165, 1.54) is 19.4 Å². The van der Waals surface area contributed by atoms with E-state index in [0.717, 1.165) is 11.7 Å². The molecule has 29 heavy (non-hydrogen) atoms. The van der Waals surface area contributed by atoms with Crippen LogP contribution in [0, 0.1) is 0 Å². The van der Waals surface area contributed by atoms with Crippen molar-refractivity contribution in [2.24, 2.45) is 0 Å². The van der Waals surface area contributed by atoms with Gasteiger partial charge >= 0.3 is 0 Å². The van der Waals surface area contributed by atoms with E-state index < -0.39 is 27.4 Å². The summed E-state index contributed by atoms with van der Waals surface area (Å²) in [6.45, 7) is 5.25. The highest BCUT2D eigenvalue weighted by Crippen LogP contribution is 2.27. The van der Waals surface area contributed by atoms with Crippen LogP contribution < -0.4 is 10.1 Å². The first-order chi connectivity index (χ1) is 13.5. The van der Waals surface area contributed by atoms with Crippen LogP contribution in [0.3, 0.4) is 0 Å². The smallest absolute Gasteiger partial charge is 0.258 e. The summed E-state index contributed by atoms with van der Waals surface area (Å²) in [5, 5.41) is 3.73. The highest BCUT2D eigenvalue weighted by atomic mass is 32.2. The summed E-state index contributed by atoms with van der Waals surface area (Å²) in [6.07, 6.45) is 3.83. The van der Waals surface area contributed by atoms with Crippen LogP contribution in [-0.2, 0) is 20.2 Å². The molecule has 0 fully saturated rings. The second-order valence-corrected chi connectivity index (χ2v) is 8.89. The first-order valence-corrected chi connectivity index (χ1v) is 10.8. The summed E-state index contributed by atoms with van der Waals surface area (Å²) in [5.41, 5.74) is -0.668. The lowest BCUT2D eigenvalue weighted by molar-refractivity contribution is 0.0110. The molecule has 0 saturated carbocycles. The lowest BCUT2D eigenvalue weighted by Gasteiger charge is -2.22. The molecule has 2 rings (SSSR count). The van der Waals surface area contributed by atoms with Gasteiger partial charge in [-0.25, -0.2) is 13.4 Å². The third kappa shape index (κ3) is 6.65. The summed E-state index contributed by atoms with van der Waals surface area (Å²) in [4.78, 5) is 21.4. The van der Waals surface area contributed by atoms with Crippen molar-refractivity contribution in [3.63, 3.8) is 0 Å². The molecule has 0 spiro atoms. The number of carbonyl (C=O) groups excluding carboxylic acids is 1. The SMILES string of the molecule is COC(C)(C)c1ncc(C(=O)N[C@@H](C)/C=C/S(C)(=O)=O)c(Oc2ccccc2)n1. The van der Waals surface area contributed by atoms with Crippen LogP contribution in [0.4, 0.5) is 0 Å². The molecule has 1 amide bonds. The predicted molar refractivity (Wildman–Crippen MR) is 109 cm³/mol. The number of methoxy groups -OCH3 is 1. The van der Waals surface area contributed by atoms with Gasteiger partial charge in [0, 0.05) is 31.0 Å². The van der Waals surface area contributed by atoms with Gasteiger partial charge in [-0.15, -0.1) is 0 Å². The number of ether oxygens (including phenoxy) is 2. The van der Waals surface area contributed by atoms with Crippen molar-refractivity contribution in [3.8, 4) is 11.6 Å². The summed E-state index contributed by atoms with van der Waals surface area (Å²) < 4.78 is 33.8. The number of aromatic nitrogens is 2. The Morgan fingerprint density at radius 2 is 1.90 bits per heavy atom. The Morgan fingerprint density at radius 1 is 1.24 bits per heavy atom. The molecule has 0 unspecified atom stereocenters. The number of sulfone groups is 1. The molecule has 0 radical (unpaired) electrons. The highest BCUT2D eigenvalue weighted by Gasteiger charge is 2.26. The first-order valence-electron chi connectivity index (χ1n) is 8.86. The molecule has 1 heterocycles. The number of rotatable bonds is 8. The maximum atomic E-state index is 12.7. The number of para-hydroxylation sites is 1. The average molecular weight is 420 g/mol. The van der Waals surface area contributed by atoms with Gasteiger partial charge in [0.1, 0.15) is 16.9 Å². The van der Waals surface area contributed by atoms with E-state index in [0.29, 0.717) is 11.6 Å². The van der Waals surface area contributed by atoms with E-state index >= 15 is 0 Å². The van der Waals surface area contributed by atoms with E-state index in [2.05, 4.69) is 15.3 Å². The van der Waals surface area contributed by atoms with Crippen molar-refractivity contribution in [1.82, 2.24) is 15.3 Å². The minimum atomic E-state index is -3.29. The molecule has 9 heteroatoms. The van der Waals surface area contributed by atoms with Crippen LogP contribution in [-0.4, -0.2) is 43.7 Å². The molecule has 1 aromatic carbocycles. The maximum absolute atomic E-state index is 12.7. The quantitative estimate of drug-likeness (QED) is 0.701. The van der Waals surface area contributed by atoms with Crippen LogP contribution in [0.15, 0.2) is 48.0 Å². The number of nitrogens with zero attached hydrogens (tertiary/aromatic N) is 2. The van der Waals surface area contributed by atoms with Gasteiger partial charge in [-0.3, -0.25) is 4.79 Å². The van der Waals surface area contributed by atoms with Crippen LogP contribution in [0.5, 0.6) is 11.6 Å². The molecule has 2 aromatic rings. The Hall–Kier alpha value is -2.78. The minimum Gasteiger partial charge on any atom is -0.438 e. The first kappa shape index (κ1) is 22.5. The topological polar surface area (TPSA) is 107 Å². The lowest BCUT2D eigenvalue weighted by atomic mass is 10.1. The van der Waals surface area contributed by atoms with E-state index in [1.807, 2.05) is 6.07 Å². The van der Waals surface area contributed by atoms with Crippen LogP contribution >= 0.6 is 0 Å². The number of carbonyl (C=O) groups is 1. The molecule has 0 aliphatic rings.